The maximum atomic E-state index is 13.8. The monoisotopic (exact) mass is 362 g/mol. The summed E-state index contributed by atoms with van der Waals surface area (Å²) < 4.78 is 13.8. The minimum Gasteiger partial charge on any atom is -0.357 e. The highest BCUT2D eigenvalue weighted by molar-refractivity contribution is 5.85. The summed E-state index contributed by atoms with van der Waals surface area (Å²) in [5.74, 6) is 0.285. The number of benzene rings is 1. The van der Waals surface area contributed by atoms with Crippen LogP contribution in [0.3, 0.4) is 0 Å². The SMILES string of the molecule is CCNC(=NCC(=O)NC1CCCCC1)NC(C)c1ccc(C)c(F)c1. The molecule has 1 unspecified atom stereocenters. The molecule has 6 heteroatoms. The molecule has 1 aliphatic rings. The van der Waals surface area contributed by atoms with Crippen LogP contribution in [0.2, 0.25) is 0 Å². The first kappa shape index (κ1) is 20.2. The van der Waals surface area contributed by atoms with E-state index in [9.17, 15) is 9.18 Å². The quantitative estimate of drug-likeness (QED) is 0.538. The van der Waals surface area contributed by atoms with E-state index in [0.29, 0.717) is 18.1 Å². The second-order valence-corrected chi connectivity index (χ2v) is 6.97. The standard InChI is InChI=1S/C20H31FN4O/c1-4-22-20(23-13-19(26)25-17-8-6-5-7-9-17)24-15(3)16-11-10-14(2)18(21)12-16/h10-12,15,17H,4-9,13H2,1-3H3,(H,25,26)(H2,22,23,24). The molecule has 2 rings (SSSR count). The summed E-state index contributed by atoms with van der Waals surface area (Å²) in [4.78, 5) is 16.5. The van der Waals surface area contributed by atoms with Gasteiger partial charge in [-0.05, 0) is 50.8 Å². The fraction of sp³-hybridized carbons (Fsp3) is 0.600. The van der Waals surface area contributed by atoms with Gasteiger partial charge in [0, 0.05) is 12.6 Å². The molecule has 0 saturated heterocycles. The summed E-state index contributed by atoms with van der Waals surface area (Å²) in [6.07, 6.45) is 5.75. The second kappa shape index (κ2) is 10.1. The molecular formula is C20H31FN4O. The van der Waals surface area contributed by atoms with E-state index in [1.165, 1.54) is 25.3 Å². The van der Waals surface area contributed by atoms with Crippen LogP contribution in [0.5, 0.6) is 0 Å². The van der Waals surface area contributed by atoms with Crippen molar-refractivity contribution >= 4 is 11.9 Å². The summed E-state index contributed by atoms with van der Waals surface area (Å²) in [5, 5.41) is 9.43. The molecule has 0 aliphatic heterocycles. The van der Waals surface area contributed by atoms with Crippen LogP contribution in [0.1, 0.15) is 63.1 Å². The normalized spacial score (nSPS) is 16.8. The van der Waals surface area contributed by atoms with E-state index < -0.39 is 0 Å². The first-order valence-electron chi connectivity index (χ1n) is 9.60. The van der Waals surface area contributed by atoms with Crippen molar-refractivity contribution in [1.82, 2.24) is 16.0 Å². The maximum Gasteiger partial charge on any atom is 0.242 e. The number of guanidine groups is 1. The zero-order chi connectivity index (χ0) is 18.9. The molecular weight excluding hydrogens is 331 g/mol. The predicted molar refractivity (Wildman–Crippen MR) is 104 cm³/mol. The van der Waals surface area contributed by atoms with Crippen molar-refractivity contribution < 1.29 is 9.18 Å². The number of nitrogens with zero attached hydrogens (tertiary/aromatic N) is 1. The minimum atomic E-state index is -0.218. The van der Waals surface area contributed by atoms with Gasteiger partial charge in [0.2, 0.25) is 5.91 Å². The van der Waals surface area contributed by atoms with E-state index >= 15 is 0 Å². The first-order chi connectivity index (χ1) is 12.5. The average molecular weight is 362 g/mol. The van der Waals surface area contributed by atoms with Gasteiger partial charge in [-0.3, -0.25) is 4.79 Å². The molecule has 0 heterocycles. The van der Waals surface area contributed by atoms with Gasteiger partial charge in [0.25, 0.3) is 0 Å². The number of carbonyl (C=O) groups excluding carboxylic acids is 1. The van der Waals surface area contributed by atoms with Crippen molar-refractivity contribution in [3.8, 4) is 0 Å². The molecule has 0 radical (unpaired) electrons. The topological polar surface area (TPSA) is 65.5 Å². The molecule has 0 aromatic heterocycles. The molecule has 1 amide bonds. The van der Waals surface area contributed by atoms with Gasteiger partial charge in [0.15, 0.2) is 5.96 Å². The number of amides is 1. The Morgan fingerprint density at radius 3 is 2.69 bits per heavy atom. The van der Waals surface area contributed by atoms with E-state index in [1.54, 1.807) is 13.0 Å². The molecule has 144 valence electrons. The summed E-state index contributed by atoms with van der Waals surface area (Å²) in [7, 11) is 0. The number of aryl methyl sites for hydroxylation is 1. The molecule has 1 aromatic carbocycles. The lowest BCUT2D eigenvalue weighted by atomic mass is 9.95. The van der Waals surface area contributed by atoms with E-state index in [1.807, 2.05) is 19.9 Å². The Morgan fingerprint density at radius 1 is 1.31 bits per heavy atom. The number of nitrogens with one attached hydrogen (secondary N) is 3. The van der Waals surface area contributed by atoms with Gasteiger partial charge in [-0.2, -0.15) is 0 Å². The lowest BCUT2D eigenvalue weighted by molar-refractivity contribution is -0.120. The van der Waals surface area contributed by atoms with Gasteiger partial charge in [-0.25, -0.2) is 9.38 Å². The van der Waals surface area contributed by atoms with Crippen molar-refractivity contribution in [3.63, 3.8) is 0 Å². The van der Waals surface area contributed by atoms with Crippen molar-refractivity contribution in [1.29, 1.82) is 0 Å². The van der Waals surface area contributed by atoms with Crippen LogP contribution >= 0.6 is 0 Å². The number of hydrogen-bond donors (Lipinski definition) is 3. The van der Waals surface area contributed by atoms with Crippen LogP contribution in [0, 0.1) is 12.7 Å². The molecule has 0 spiro atoms. The highest BCUT2D eigenvalue weighted by Gasteiger charge is 2.15. The molecule has 1 aromatic rings. The molecule has 1 atom stereocenters. The lowest BCUT2D eigenvalue weighted by Crippen LogP contribution is -2.41. The number of hydrogen-bond acceptors (Lipinski definition) is 2. The number of carbonyl (C=O) groups is 1. The highest BCUT2D eigenvalue weighted by atomic mass is 19.1. The second-order valence-electron chi connectivity index (χ2n) is 6.97. The van der Waals surface area contributed by atoms with Crippen molar-refractivity contribution in [3.05, 3.63) is 35.1 Å². The summed E-state index contributed by atoms with van der Waals surface area (Å²) in [6.45, 7) is 6.42. The minimum absolute atomic E-state index is 0.0527. The van der Waals surface area contributed by atoms with Crippen LogP contribution < -0.4 is 16.0 Å². The van der Waals surface area contributed by atoms with Gasteiger partial charge in [-0.15, -0.1) is 0 Å². The van der Waals surface area contributed by atoms with Crippen LogP contribution in [-0.4, -0.2) is 31.0 Å². The number of aliphatic imine (C=N–C) groups is 1. The Hall–Kier alpha value is -2.11. The Kier molecular flexibility index (Phi) is 7.88. The Balaban J connectivity index is 1.92. The number of rotatable bonds is 6. The Morgan fingerprint density at radius 2 is 2.04 bits per heavy atom. The smallest absolute Gasteiger partial charge is 0.242 e. The summed E-state index contributed by atoms with van der Waals surface area (Å²) >= 11 is 0. The fourth-order valence-electron chi connectivity index (χ4n) is 3.16. The van der Waals surface area contributed by atoms with Crippen LogP contribution in [0.15, 0.2) is 23.2 Å². The van der Waals surface area contributed by atoms with E-state index in [4.69, 9.17) is 0 Å². The summed E-state index contributed by atoms with van der Waals surface area (Å²) in [5.41, 5.74) is 1.46. The van der Waals surface area contributed by atoms with Crippen LogP contribution in [0.25, 0.3) is 0 Å². The Bertz CT molecular complexity index is 626. The maximum absolute atomic E-state index is 13.8. The molecule has 1 fully saturated rings. The fourth-order valence-corrected chi connectivity index (χ4v) is 3.16. The largest absolute Gasteiger partial charge is 0.357 e. The zero-order valence-electron chi connectivity index (χ0n) is 16.1. The third kappa shape index (κ3) is 6.32. The van der Waals surface area contributed by atoms with Gasteiger partial charge in [0.1, 0.15) is 12.4 Å². The van der Waals surface area contributed by atoms with E-state index in [2.05, 4.69) is 20.9 Å². The third-order valence-electron chi connectivity index (χ3n) is 4.74. The summed E-state index contributed by atoms with van der Waals surface area (Å²) in [6, 6.07) is 5.37. The van der Waals surface area contributed by atoms with Crippen LogP contribution in [0.4, 0.5) is 4.39 Å². The Labute approximate surface area is 155 Å². The molecule has 1 aliphatic carbocycles. The van der Waals surface area contributed by atoms with Gasteiger partial charge in [0.05, 0.1) is 6.04 Å². The lowest BCUT2D eigenvalue weighted by Gasteiger charge is -2.22. The number of halogens is 1. The van der Waals surface area contributed by atoms with Crippen molar-refractivity contribution in [2.75, 3.05) is 13.1 Å². The van der Waals surface area contributed by atoms with Gasteiger partial charge < -0.3 is 16.0 Å². The molecule has 3 N–H and O–H groups in total. The molecule has 1 saturated carbocycles. The average Bonchev–Trinajstić information content (AvgIpc) is 2.63. The van der Waals surface area contributed by atoms with E-state index in [-0.39, 0.29) is 30.4 Å². The van der Waals surface area contributed by atoms with Gasteiger partial charge >= 0.3 is 0 Å². The zero-order valence-corrected chi connectivity index (χ0v) is 16.1. The van der Waals surface area contributed by atoms with Gasteiger partial charge in [-0.1, -0.05) is 31.4 Å². The first-order valence-corrected chi connectivity index (χ1v) is 9.60. The van der Waals surface area contributed by atoms with Crippen LogP contribution in [-0.2, 0) is 4.79 Å². The molecule has 5 nitrogen and oxygen atoms in total. The predicted octanol–water partition coefficient (Wildman–Crippen LogP) is 3.20. The van der Waals surface area contributed by atoms with Crippen molar-refractivity contribution in [2.24, 2.45) is 4.99 Å². The molecule has 26 heavy (non-hydrogen) atoms. The van der Waals surface area contributed by atoms with E-state index in [0.717, 1.165) is 18.4 Å². The highest BCUT2D eigenvalue weighted by Crippen LogP contribution is 2.17. The van der Waals surface area contributed by atoms with Crippen molar-refractivity contribution in [2.45, 2.75) is 65.0 Å². The molecule has 0 bridgehead atoms. The third-order valence-corrected chi connectivity index (χ3v) is 4.74.